The minimum Gasteiger partial charge on any atom is -0.347 e. The molecule has 5 nitrogen and oxygen atoms in total. The number of aldehydes is 1. The van der Waals surface area contributed by atoms with Crippen LogP contribution < -0.4 is 10.2 Å². The number of nitrogens with one attached hydrogen (secondary N) is 1. The third-order valence-corrected chi connectivity index (χ3v) is 3.43. The van der Waals surface area contributed by atoms with E-state index >= 15 is 0 Å². The number of rotatable bonds is 2. The summed E-state index contributed by atoms with van der Waals surface area (Å²) in [6.45, 7) is 3.37. The van der Waals surface area contributed by atoms with Gasteiger partial charge in [-0.3, -0.25) is 19.7 Å². The maximum atomic E-state index is 11.9. The predicted molar refractivity (Wildman–Crippen MR) is 71.4 cm³/mol. The van der Waals surface area contributed by atoms with Crippen LogP contribution in [0.5, 0.6) is 0 Å². The summed E-state index contributed by atoms with van der Waals surface area (Å²) in [7, 11) is 0. The molecule has 6 heteroatoms. The number of hydrogen-bond donors (Lipinski definition) is 1. The Balaban J connectivity index is 2.55. The normalized spacial score (nSPS) is 18.2. The van der Waals surface area contributed by atoms with Crippen LogP contribution in [0.15, 0.2) is 18.2 Å². The van der Waals surface area contributed by atoms with Crippen LogP contribution in [0.1, 0.15) is 24.2 Å². The Labute approximate surface area is 115 Å². The zero-order valence-corrected chi connectivity index (χ0v) is 11.3. The van der Waals surface area contributed by atoms with Crippen molar-refractivity contribution in [3.05, 3.63) is 28.8 Å². The van der Waals surface area contributed by atoms with Gasteiger partial charge in [-0.05, 0) is 32.0 Å². The number of nitrogens with zero attached hydrogens (tertiary/aromatic N) is 1. The first-order valence-electron chi connectivity index (χ1n) is 5.73. The number of benzene rings is 1. The number of imide groups is 1. The molecule has 1 aliphatic heterocycles. The van der Waals surface area contributed by atoms with Crippen LogP contribution in [0.3, 0.4) is 0 Å². The number of hydrogen-bond acceptors (Lipinski definition) is 4. The van der Waals surface area contributed by atoms with Crippen molar-refractivity contribution in [2.45, 2.75) is 19.4 Å². The summed E-state index contributed by atoms with van der Waals surface area (Å²) < 4.78 is 0. The summed E-state index contributed by atoms with van der Waals surface area (Å²) in [5.74, 6) is -0.804. The number of halogens is 1. The minimum absolute atomic E-state index is 0.0000772. The molecule has 1 aliphatic rings. The van der Waals surface area contributed by atoms with E-state index in [1.807, 2.05) is 0 Å². The standard InChI is InChI=1S/C13H13ClN2O3/c1-13(2)12(19)15-11(18)6-16(13)10-5-9(14)4-3-8(10)7-17/h3-5,7H,6H2,1-2H3,(H,15,18,19). The van der Waals surface area contributed by atoms with Crippen molar-refractivity contribution in [2.75, 3.05) is 11.4 Å². The Kier molecular flexibility index (Phi) is 3.32. The largest absolute Gasteiger partial charge is 0.347 e. The SMILES string of the molecule is CC1(C)C(=O)NC(=O)CN1c1cc(Cl)ccc1C=O. The van der Waals surface area contributed by atoms with E-state index in [1.165, 1.54) is 0 Å². The number of amides is 2. The highest BCUT2D eigenvalue weighted by molar-refractivity contribution is 6.31. The highest BCUT2D eigenvalue weighted by Gasteiger charge is 2.41. The first kappa shape index (κ1) is 13.5. The average molecular weight is 281 g/mol. The zero-order valence-electron chi connectivity index (χ0n) is 10.6. The fourth-order valence-corrected chi connectivity index (χ4v) is 2.19. The lowest BCUT2D eigenvalue weighted by molar-refractivity contribution is -0.135. The second-order valence-electron chi connectivity index (χ2n) is 4.84. The van der Waals surface area contributed by atoms with Gasteiger partial charge in [-0.2, -0.15) is 0 Å². The lowest BCUT2D eigenvalue weighted by Gasteiger charge is -2.42. The maximum Gasteiger partial charge on any atom is 0.251 e. The van der Waals surface area contributed by atoms with Crippen molar-refractivity contribution < 1.29 is 14.4 Å². The molecule has 2 rings (SSSR count). The molecule has 0 atom stereocenters. The molecule has 1 heterocycles. The Bertz CT molecular complexity index is 569. The van der Waals surface area contributed by atoms with E-state index in [4.69, 9.17) is 11.6 Å². The van der Waals surface area contributed by atoms with Crippen LogP contribution in [0.4, 0.5) is 5.69 Å². The van der Waals surface area contributed by atoms with Gasteiger partial charge >= 0.3 is 0 Å². The smallest absolute Gasteiger partial charge is 0.251 e. The van der Waals surface area contributed by atoms with E-state index in [9.17, 15) is 14.4 Å². The van der Waals surface area contributed by atoms with Crippen LogP contribution in [-0.2, 0) is 9.59 Å². The summed E-state index contributed by atoms with van der Waals surface area (Å²) in [5.41, 5.74) is -0.0632. The Morgan fingerprint density at radius 2 is 2.05 bits per heavy atom. The van der Waals surface area contributed by atoms with Gasteiger partial charge in [0.1, 0.15) is 5.54 Å². The molecule has 0 aromatic heterocycles. The zero-order chi connectivity index (χ0) is 14.2. The van der Waals surface area contributed by atoms with Crippen molar-refractivity contribution in [2.24, 2.45) is 0 Å². The van der Waals surface area contributed by atoms with E-state index in [0.717, 1.165) is 0 Å². The minimum atomic E-state index is -0.934. The quantitative estimate of drug-likeness (QED) is 0.657. The molecule has 0 bridgehead atoms. The summed E-state index contributed by atoms with van der Waals surface area (Å²) in [6.07, 6.45) is 0.679. The molecule has 0 aliphatic carbocycles. The van der Waals surface area contributed by atoms with E-state index in [1.54, 1.807) is 36.9 Å². The summed E-state index contributed by atoms with van der Waals surface area (Å²) >= 11 is 5.93. The molecule has 0 saturated carbocycles. The van der Waals surface area contributed by atoms with E-state index in [-0.39, 0.29) is 6.54 Å². The fraction of sp³-hybridized carbons (Fsp3) is 0.308. The fourth-order valence-electron chi connectivity index (χ4n) is 2.02. The number of anilines is 1. The molecule has 2 amide bonds. The maximum absolute atomic E-state index is 11.9. The lowest BCUT2D eigenvalue weighted by atomic mass is 9.96. The van der Waals surface area contributed by atoms with Crippen LogP contribution in [0.2, 0.25) is 5.02 Å². The van der Waals surface area contributed by atoms with Gasteiger partial charge < -0.3 is 4.90 Å². The van der Waals surface area contributed by atoms with E-state index in [0.29, 0.717) is 22.6 Å². The molecule has 1 aromatic carbocycles. The monoisotopic (exact) mass is 280 g/mol. The Morgan fingerprint density at radius 3 is 2.68 bits per heavy atom. The number of carbonyl (C=O) groups is 3. The first-order valence-corrected chi connectivity index (χ1v) is 6.10. The molecular formula is C13H13ClN2O3. The van der Waals surface area contributed by atoms with Crippen LogP contribution in [0, 0.1) is 0 Å². The second-order valence-corrected chi connectivity index (χ2v) is 5.28. The Hall–Kier alpha value is -1.88. The highest BCUT2D eigenvalue weighted by Crippen LogP contribution is 2.31. The van der Waals surface area contributed by atoms with Crippen molar-refractivity contribution in [3.8, 4) is 0 Å². The molecule has 0 unspecified atom stereocenters. The molecule has 0 spiro atoms. The van der Waals surface area contributed by atoms with Gasteiger partial charge in [-0.1, -0.05) is 11.6 Å². The van der Waals surface area contributed by atoms with Gasteiger partial charge in [0.15, 0.2) is 6.29 Å². The molecule has 1 saturated heterocycles. The van der Waals surface area contributed by atoms with Crippen LogP contribution >= 0.6 is 11.6 Å². The number of carbonyl (C=O) groups excluding carboxylic acids is 3. The van der Waals surface area contributed by atoms with Gasteiger partial charge in [0.05, 0.1) is 12.2 Å². The van der Waals surface area contributed by atoms with Crippen molar-refractivity contribution in [1.29, 1.82) is 0 Å². The van der Waals surface area contributed by atoms with Gasteiger partial charge in [0.25, 0.3) is 5.91 Å². The molecule has 1 N–H and O–H groups in total. The van der Waals surface area contributed by atoms with Gasteiger partial charge in [0.2, 0.25) is 5.91 Å². The number of piperazine rings is 1. The lowest BCUT2D eigenvalue weighted by Crippen LogP contribution is -2.64. The molecule has 0 radical (unpaired) electrons. The third-order valence-electron chi connectivity index (χ3n) is 3.20. The van der Waals surface area contributed by atoms with Gasteiger partial charge in [-0.25, -0.2) is 0 Å². The predicted octanol–water partition coefficient (Wildman–Crippen LogP) is 1.39. The molecule has 1 fully saturated rings. The molecule has 1 aromatic rings. The van der Waals surface area contributed by atoms with Crippen LogP contribution in [-0.4, -0.2) is 30.2 Å². The summed E-state index contributed by atoms with van der Waals surface area (Å²) in [5, 5.41) is 2.72. The third kappa shape index (κ3) is 2.33. The Morgan fingerprint density at radius 1 is 1.37 bits per heavy atom. The summed E-state index contributed by atoms with van der Waals surface area (Å²) in [6, 6.07) is 4.74. The van der Waals surface area contributed by atoms with Crippen molar-refractivity contribution in [1.82, 2.24) is 5.32 Å². The molecular weight excluding hydrogens is 268 g/mol. The van der Waals surface area contributed by atoms with E-state index < -0.39 is 17.4 Å². The van der Waals surface area contributed by atoms with E-state index in [2.05, 4.69) is 5.32 Å². The topological polar surface area (TPSA) is 66.5 Å². The van der Waals surface area contributed by atoms with Crippen molar-refractivity contribution >= 4 is 35.4 Å². The van der Waals surface area contributed by atoms with Gasteiger partial charge in [0, 0.05) is 10.6 Å². The van der Waals surface area contributed by atoms with Gasteiger partial charge in [-0.15, -0.1) is 0 Å². The van der Waals surface area contributed by atoms with Crippen molar-refractivity contribution in [3.63, 3.8) is 0 Å². The molecule has 100 valence electrons. The summed E-state index contributed by atoms with van der Waals surface area (Å²) in [4.78, 5) is 36.1. The molecule has 19 heavy (non-hydrogen) atoms. The highest BCUT2D eigenvalue weighted by atomic mass is 35.5. The first-order chi connectivity index (χ1) is 8.86. The van der Waals surface area contributed by atoms with Crippen LogP contribution in [0.25, 0.3) is 0 Å². The average Bonchev–Trinajstić information content (AvgIpc) is 2.34. The second kappa shape index (κ2) is 4.66.